The van der Waals surface area contributed by atoms with Gasteiger partial charge in [-0.05, 0) is 61.9 Å². The fraction of sp³-hybridized carbons (Fsp3) is 0.440. The molecular weight excluding hydrogens is 392 g/mol. The van der Waals surface area contributed by atoms with Gasteiger partial charge in [-0.2, -0.15) is 0 Å². The molecule has 2 amide bonds. The molecule has 0 radical (unpaired) electrons. The van der Waals surface area contributed by atoms with Crippen molar-refractivity contribution in [2.24, 2.45) is 0 Å². The summed E-state index contributed by atoms with van der Waals surface area (Å²) < 4.78 is 11.0. The molecule has 1 aliphatic heterocycles. The molecular formula is C25H30N2O4. The minimum Gasteiger partial charge on any atom is -0.464 e. The number of hydrogen-bond donors (Lipinski definition) is 1. The molecule has 1 aromatic carbocycles. The maximum atomic E-state index is 12.9. The van der Waals surface area contributed by atoms with Crippen molar-refractivity contribution in [3.8, 4) is 0 Å². The second-order valence-electron chi connectivity index (χ2n) is 8.86. The molecule has 164 valence electrons. The highest BCUT2D eigenvalue weighted by atomic mass is 16.3. The van der Waals surface area contributed by atoms with Crippen molar-refractivity contribution in [1.82, 2.24) is 10.2 Å². The van der Waals surface area contributed by atoms with E-state index >= 15 is 0 Å². The summed E-state index contributed by atoms with van der Waals surface area (Å²) in [6.45, 7) is 9.56. The van der Waals surface area contributed by atoms with Crippen LogP contribution in [-0.4, -0.2) is 35.8 Å². The molecule has 0 aliphatic carbocycles. The van der Waals surface area contributed by atoms with E-state index < -0.39 is 0 Å². The minimum atomic E-state index is -0.187. The molecule has 1 aliphatic rings. The number of likely N-dealkylation sites (tertiary alicyclic amines) is 1. The van der Waals surface area contributed by atoms with Crippen LogP contribution in [0, 0.1) is 13.8 Å². The summed E-state index contributed by atoms with van der Waals surface area (Å²) >= 11 is 0. The Bertz CT molecular complexity index is 1100. The summed E-state index contributed by atoms with van der Waals surface area (Å²) in [6.07, 6.45) is 5.04. The molecule has 0 saturated carbocycles. The number of rotatable bonds is 5. The zero-order valence-electron chi connectivity index (χ0n) is 18.7. The van der Waals surface area contributed by atoms with Gasteiger partial charge in [-0.25, -0.2) is 0 Å². The van der Waals surface area contributed by atoms with Crippen LogP contribution in [0.3, 0.4) is 0 Å². The predicted octanol–water partition coefficient (Wildman–Crippen LogP) is 4.73. The highest BCUT2D eigenvalue weighted by Crippen LogP contribution is 2.29. The lowest BCUT2D eigenvalue weighted by molar-refractivity contribution is -0.131. The summed E-state index contributed by atoms with van der Waals surface area (Å²) in [7, 11) is 0. The number of nitrogens with one attached hydrogen (secondary N) is 1. The summed E-state index contributed by atoms with van der Waals surface area (Å²) in [6, 6.07) is 6.06. The van der Waals surface area contributed by atoms with Gasteiger partial charge < -0.3 is 19.1 Å². The molecule has 6 heteroatoms. The third kappa shape index (κ3) is 4.38. The van der Waals surface area contributed by atoms with Crippen LogP contribution in [0.4, 0.5) is 0 Å². The SMILES string of the molecule is Cc1cc2occ(CC(=O)N3CCC(NC(=O)c4occc4C)CC3)c2cc1C(C)C. The zero-order valence-corrected chi connectivity index (χ0v) is 18.7. The number of furan rings is 2. The van der Waals surface area contributed by atoms with Gasteiger partial charge in [0.2, 0.25) is 5.91 Å². The maximum absolute atomic E-state index is 12.9. The molecule has 1 saturated heterocycles. The molecule has 0 unspecified atom stereocenters. The number of aryl methyl sites for hydroxylation is 2. The van der Waals surface area contributed by atoms with Crippen LogP contribution in [-0.2, 0) is 11.2 Å². The standard InChI is InChI=1S/C25H30N2O4/c1-15(2)20-13-21-18(14-31-22(21)11-17(20)4)12-23(28)27-8-5-19(6-9-27)26-25(29)24-16(3)7-10-30-24/h7,10-11,13-15,19H,5-6,8-9,12H2,1-4H3,(H,26,29). The minimum absolute atomic E-state index is 0.0485. The summed E-state index contributed by atoms with van der Waals surface area (Å²) in [5.74, 6) is 0.692. The van der Waals surface area contributed by atoms with Crippen molar-refractivity contribution in [1.29, 1.82) is 0 Å². The zero-order chi connectivity index (χ0) is 22.1. The summed E-state index contributed by atoms with van der Waals surface area (Å²) in [5, 5.41) is 4.05. The first-order valence-electron chi connectivity index (χ1n) is 11.0. The van der Waals surface area contributed by atoms with Gasteiger partial charge in [0.25, 0.3) is 5.91 Å². The highest BCUT2D eigenvalue weighted by molar-refractivity contribution is 5.93. The van der Waals surface area contributed by atoms with Crippen LogP contribution in [0.2, 0.25) is 0 Å². The fourth-order valence-electron chi connectivity index (χ4n) is 4.41. The van der Waals surface area contributed by atoms with E-state index in [9.17, 15) is 9.59 Å². The first kappa shape index (κ1) is 21.2. The van der Waals surface area contributed by atoms with Gasteiger partial charge in [-0.3, -0.25) is 9.59 Å². The average Bonchev–Trinajstić information content (AvgIpc) is 3.33. The largest absolute Gasteiger partial charge is 0.464 e. The van der Waals surface area contributed by atoms with Crippen LogP contribution in [0.15, 0.2) is 39.6 Å². The number of amides is 2. The lowest BCUT2D eigenvalue weighted by Gasteiger charge is -2.32. The van der Waals surface area contributed by atoms with Crippen molar-refractivity contribution >= 4 is 22.8 Å². The van der Waals surface area contributed by atoms with E-state index in [1.807, 2.05) is 11.8 Å². The second-order valence-corrected chi connectivity index (χ2v) is 8.86. The number of carbonyl (C=O) groups is 2. The molecule has 0 atom stereocenters. The van der Waals surface area contributed by atoms with E-state index in [1.165, 1.54) is 17.4 Å². The Morgan fingerprint density at radius 3 is 2.52 bits per heavy atom. The average molecular weight is 423 g/mol. The third-order valence-corrected chi connectivity index (χ3v) is 6.26. The van der Waals surface area contributed by atoms with Gasteiger partial charge in [-0.15, -0.1) is 0 Å². The van der Waals surface area contributed by atoms with Gasteiger partial charge >= 0.3 is 0 Å². The van der Waals surface area contributed by atoms with E-state index in [1.54, 1.807) is 12.3 Å². The fourth-order valence-corrected chi connectivity index (χ4v) is 4.41. The topological polar surface area (TPSA) is 75.7 Å². The number of nitrogens with zero attached hydrogens (tertiary/aromatic N) is 1. The third-order valence-electron chi connectivity index (χ3n) is 6.26. The Labute approximate surface area is 182 Å². The molecule has 4 rings (SSSR count). The molecule has 6 nitrogen and oxygen atoms in total. The lowest BCUT2D eigenvalue weighted by atomic mass is 9.95. The maximum Gasteiger partial charge on any atom is 0.287 e. The van der Waals surface area contributed by atoms with Gasteiger partial charge in [0, 0.05) is 35.6 Å². The number of carbonyl (C=O) groups excluding carboxylic acids is 2. The Morgan fingerprint density at radius 1 is 1.13 bits per heavy atom. The quantitative estimate of drug-likeness (QED) is 0.645. The van der Waals surface area contributed by atoms with Crippen LogP contribution >= 0.6 is 0 Å². The van der Waals surface area contributed by atoms with Crippen LogP contribution in [0.1, 0.15) is 65.4 Å². The first-order chi connectivity index (χ1) is 14.8. The van der Waals surface area contributed by atoms with Crippen LogP contribution in [0.25, 0.3) is 11.0 Å². The Morgan fingerprint density at radius 2 is 1.87 bits per heavy atom. The van der Waals surface area contributed by atoms with E-state index in [0.717, 1.165) is 34.9 Å². The molecule has 0 spiro atoms. The monoisotopic (exact) mass is 422 g/mol. The smallest absolute Gasteiger partial charge is 0.287 e. The predicted molar refractivity (Wildman–Crippen MR) is 119 cm³/mol. The van der Waals surface area contributed by atoms with Gasteiger partial charge in [0.15, 0.2) is 5.76 Å². The number of fused-ring (bicyclic) bond motifs is 1. The molecule has 3 heterocycles. The highest BCUT2D eigenvalue weighted by Gasteiger charge is 2.26. The second kappa shape index (κ2) is 8.61. The number of benzene rings is 1. The molecule has 3 aromatic rings. The lowest BCUT2D eigenvalue weighted by Crippen LogP contribution is -2.47. The van der Waals surface area contributed by atoms with E-state index in [-0.39, 0.29) is 17.9 Å². The summed E-state index contributed by atoms with van der Waals surface area (Å²) in [4.78, 5) is 27.2. The number of hydrogen-bond acceptors (Lipinski definition) is 4. The van der Waals surface area contributed by atoms with Gasteiger partial charge in [0.05, 0.1) is 18.9 Å². The molecule has 1 fully saturated rings. The molecule has 31 heavy (non-hydrogen) atoms. The van der Waals surface area contributed by atoms with Crippen LogP contribution in [0.5, 0.6) is 0 Å². The first-order valence-corrected chi connectivity index (χ1v) is 11.0. The van der Waals surface area contributed by atoms with Crippen molar-refractivity contribution in [2.75, 3.05) is 13.1 Å². The van der Waals surface area contributed by atoms with Crippen molar-refractivity contribution in [3.05, 3.63) is 58.7 Å². The Balaban J connectivity index is 1.37. The van der Waals surface area contributed by atoms with Gasteiger partial charge in [-0.1, -0.05) is 13.8 Å². The molecule has 0 bridgehead atoms. The normalized spacial score (nSPS) is 15.1. The molecule has 2 aromatic heterocycles. The van der Waals surface area contributed by atoms with Gasteiger partial charge in [0.1, 0.15) is 5.58 Å². The van der Waals surface area contributed by atoms with Crippen LogP contribution < -0.4 is 5.32 Å². The van der Waals surface area contributed by atoms with Crippen molar-refractivity contribution in [2.45, 2.75) is 58.9 Å². The van der Waals surface area contributed by atoms with Crippen molar-refractivity contribution < 1.29 is 18.4 Å². The van der Waals surface area contributed by atoms with Crippen molar-refractivity contribution in [3.63, 3.8) is 0 Å². The molecule has 1 N–H and O–H groups in total. The Hall–Kier alpha value is -3.02. The van der Waals surface area contributed by atoms with E-state index in [4.69, 9.17) is 8.83 Å². The number of piperidine rings is 1. The van der Waals surface area contributed by atoms with E-state index in [2.05, 4.69) is 38.2 Å². The Kier molecular flexibility index (Phi) is 5.90. The summed E-state index contributed by atoms with van der Waals surface area (Å²) in [5.41, 5.74) is 5.09. The van der Waals surface area contributed by atoms with E-state index in [0.29, 0.717) is 31.2 Å².